The van der Waals surface area contributed by atoms with Gasteiger partial charge in [-0.25, -0.2) is 0 Å². The van der Waals surface area contributed by atoms with Gasteiger partial charge in [0.05, 0.1) is 5.60 Å². The maximum atomic E-state index is 12.9. The van der Waals surface area contributed by atoms with Gasteiger partial charge in [-0.05, 0) is 61.4 Å². The molecule has 1 saturated heterocycles. The van der Waals surface area contributed by atoms with Crippen LogP contribution in [0.5, 0.6) is 5.75 Å². The number of alkyl halides is 3. The van der Waals surface area contributed by atoms with Gasteiger partial charge >= 0.3 is 6.36 Å². The van der Waals surface area contributed by atoms with Gasteiger partial charge in [-0.3, -0.25) is 4.79 Å². The molecule has 4 nitrogen and oxygen atoms in total. The number of rotatable bonds is 5. The summed E-state index contributed by atoms with van der Waals surface area (Å²) in [5, 5.41) is 11.0. The Bertz CT molecular complexity index is 869. The number of amides is 1. The van der Waals surface area contributed by atoms with Crippen molar-refractivity contribution in [3.05, 3.63) is 60.2 Å². The first kappa shape index (κ1) is 19.8. The first-order valence-electron chi connectivity index (χ1n) is 9.66. The van der Waals surface area contributed by atoms with Crippen LogP contribution in [0.15, 0.2) is 54.6 Å². The van der Waals surface area contributed by atoms with Crippen molar-refractivity contribution in [1.29, 1.82) is 0 Å². The average Bonchev–Trinajstić information content (AvgIpc) is 3.15. The zero-order chi connectivity index (χ0) is 20.6. The van der Waals surface area contributed by atoms with Gasteiger partial charge in [0, 0.05) is 18.2 Å². The van der Waals surface area contributed by atoms with Crippen LogP contribution >= 0.6 is 0 Å². The van der Waals surface area contributed by atoms with Crippen LogP contribution in [0.1, 0.15) is 24.8 Å². The first-order valence-corrected chi connectivity index (χ1v) is 9.66. The van der Waals surface area contributed by atoms with Gasteiger partial charge in [-0.1, -0.05) is 30.3 Å². The summed E-state index contributed by atoms with van der Waals surface area (Å²) in [5.41, 5.74) is 0.857. The number of aryl methyl sites for hydroxylation is 1. The predicted octanol–water partition coefficient (Wildman–Crippen LogP) is 4.32. The number of aliphatic hydroxyl groups is 1. The molecule has 1 aliphatic carbocycles. The lowest BCUT2D eigenvalue weighted by Gasteiger charge is -2.26. The second-order valence-corrected chi connectivity index (χ2v) is 7.98. The number of nitrogens with zero attached hydrogens (tertiary/aromatic N) is 1. The van der Waals surface area contributed by atoms with Gasteiger partial charge in [0.15, 0.2) is 0 Å². The quantitative estimate of drug-likeness (QED) is 0.806. The number of hydrogen-bond donors (Lipinski definition) is 1. The van der Waals surface area contributed by atoms with Gasteiger partial charge < -0.3 is 14.7 Å². The average molecular weight is 405 g/mol. The van der Waals surface area contributed by atoms with E-state index in [0.717, 1.165) is 12.0 Å². The van der Waals surface area contributed by atoms with E-state index in [4.69, 9.17) is 0 Å². The summed E-state index contributed by atoms with van der Waals surface area (Å²) >= 11 is 0. The molecule has 2 aromatic carbocycles. The summed E-state index contributed by atoms with van der Waals surface area (Å²) in [4.78, 5) is 14.5. The van der Waals surface area contributed by atoms with Crippen molar-refractivity contribution in [2.45, 2.75) is 37.6 Å². The zero-order valence-corrected chi connectivity index (χ0v) is 15.7. The van der Waals surface area contributed by atoms with Crippen molar-refractivity contribution in [1.82, 2.24) is 0 Å². The van der Waals surface area contributed by atoms with E-state index in [1.54, 1.807) is 4.90 Å². The molecule has 2 aromatic rings. The largest absolute Gasteiger partial charge is 0.573 e. The Morgan fingerprint density at radius 1 is 1.07 bits per heavy atom. The molecule has 1 N–H and O–H groups in total. The highest BCUT2D eigenvalue weighted by molar-refractivity contribution is 5.98. The number of hydrogen-bond acceptors (Lipinski definition) is 3. The van der Waals surface area contributed by atoms with Gasteiger partial charge in [-0.15, -0.1) is 13.2 Å². The lowest BCUT2D eigenvalue weighted by molar-refractivity contribution is -0.274. The van der Waals surface area contributed by atoms with Gasteiger partial charge in [0.2, 0.25) is 5.91 Å². The molecule has 0 aromatic heterocycles. The van der Waals surface area contributed by atoms with E-state index in [-0.39, 0.29) is 23.5 Å². The molecule has 2 aliphatic rings. The Morgan fingerprint density at radius 2 is 1.76 bits per heavy atom. The van der Waals surface area contributed by atoms with Crippen LogP contribution in [-0.4, -0.2) is 29.5 Å². The van der Waals surface area contributed by atoms with Crippen LogP contribution in [0, 0.1) is 11.8 Å². The molecule has 0 spiro atoms. The van der Waals surface area contributed by atoms with Crippen LogP contribution in [0.3, 0.4) is 0 Å². The minimum Gasteiger partial charge on any atom is -0.406 e. The molecule has 2 fully saturated rings. The van der Waals surface area contributed by atoms with E-state index in [9.17, 15) is 23.1 Å². The van der Waals surface area contributed by atoms with Gasteiger partial charge in [0.25, 0.3) is 0 Å². The summed E-state index contributed by atoms with van der Waals surface area (Å²) < 4.78 is 40.8. The number of carbonyl (C=O) groups is 1. The van der Waals surface area contributed by atoms with E-state index >= 15 is 0 Å². The highest BCUT2D eigenvalue weighted by atomic mass is 19.4. The first-order chi connectivity index (χ1) is 13.7. The Morgan fingerprint density at radius 3 is 2.38 bits per heavy atom. The zero-order valence-electron chi connectivity index (χ0n) is 15.7. The fourth-order valence-corrected chi connectivity index (χ4v) is 4.58. The molecule has 0 bridgehead atoms. The van der Waals surface area contributed by atoms with Crippen LogP contribution in [-0.2, 0) is 11.2 Å². The van der Waals surface area contributed by atoms with E-state index in [1.807, 2.05) is 30.3 Å². The molecule has 1 amide bonds. The molecule has 7 heteroatoms. The monoisotopic (exact) mass is 405 g/mol. The Balaban J connectivity index is 1.38. The smallest absolute Gasteiger partial charge is 0.406 e. The molecule has 0 unspecified atom stereocenters. The minimum absolute atomic E-state index is 0.0503. The van der Waals surface area contributed by atoms with E-state index < -0.39 is 12.0 Å². The number of carbonyl (C=O) groups excluding carboxylic acids is 1. The predicted molar refractivity (Wildman–Crippen MR) is 101 cm³/mol. The summed E-state index contributed by atoms with van der Waals surface area (Å²) in [6.07, 6.45) is -2.39. The van der Waals surface area contributed by atoms with Crippen LogP contribution in [0.2, 0.25) is 0 Å². The third-order valence-electron chi connectivity index (χ3n) is 5.92. The summed E-state index contributed by atoms with van der Waals surface area (Å²) in [5.74, 6) is -0.588. The van der Waals surface area contributed by atoms with Crippen molar-refractivity contribution < 1.29 is 27.8 Å². The third-order valence-corrected chi connectivity index (χ3v) is 5.92. The van der Waals surface area contributed by atoms with Crippen molar-refractivity contribution in [3.63, 3.8) is 0 Å². The lowest BCUT2D eigenvalue weighted by atomic mass is 9.91. The molecule has 1 aliphatic heterocycles. The van der Waals surface area contributed by atoms with Crippen molar-refractivity contribution in [2.24, 2.45) is 11.8 Å². The Hall–Kier alpha value is -2.54. The maximum absolute atomic E-state index is 12.9. The lowest BCUT2D eigenvalue weighted by Crippen LogP contribution is -2.33. The highest BCUT2D eigenvalue weighted by Gasteiger charge is 2.52. The Kier molecular flexibility index (Phi) is 5.02. The van der Waals surface area contributed by atoms with Crippen molar-refractivity contribution >= 4 is 11.6 Å². The number of anilines is 1. The standard InChI is InChI=1S/C22H22F3NO3/c23-22(24,25)29-18-8-6-17(7-9-18)26-14-16-12-21(28,13-19(16)20(26)27)11-10-15-4-2-1-3-5-15/h1-9,16,19,28H,10-14H2/t16-,19-,21-/m0/s1. The van der Waals surface area contributed by atoms with Crippen molar-refractivity contribution in [3.8, 4) is 5.75 Å². The normalized spacial score (nSPS) is 26.6. The molecule has 1 saturated carbocycles. The number of halogens is 3. The molecular weight excluding hydrogens is 383 g/mol. The second kappa shape index (κ2) is 7.37. The molecule has 4 rings (SSSR count). The number of ether oxygens (including phenoxy) is 1. The topological polar surface area (TPSA) is 49.8 Å². The maximum Gasteiger partial charge on any atom is 0.573 e. The summed E-state index contributed by atoms with van der Waals surface area (Å²) in [6.45, 7) is 0.469. The molecular formula is C22H22F3NO3. The molecule has 0 radical (unpaired) electrons. The Labute approximate surface area is 166 Å². The van der Waals surface area contributed by atoms with Gasteiger partial charge in [-0.2, -0.15) is 0 Å². The number of benzene rings is 2. The molecule has 3 atom stereocenters. The molecule has 29 heavy (non-hydrogen) atoms. The fraction of sp³-hybridized carbons (Fsp3) is 0.409. The third kappa shape index (κ3) is 4.40. The van der Waals surface area contributed by atoms with E-state index in [1.165, 1.54) is 24.3 Å². The summed E-state index contributed by atoms with van der Waals surface area (Å²) in [6, 6.07) is 15.3. The molecule has 154 valence electrons. The highest BCUT2D eigenvalue weighted by Crippen LogP contribution is 2.47. The fourth-order valence-electron chi connectivity index (χ4n) is 4.58. The van der Waals surface area contributed by atoms with E-state index in [0.29, 0.717) is 31.5 Å². The van der Waals surface area contributed by atoms with Gasteiger partial charge in [0.1, 0.15) is 5.75 Å². The summed E-state index contributed by atoms with van der Waals surface area (Å²) in [7, 11) is 0. The van der Waals surface area contributed by atoms with Crippen molar-refractivity contribution in [2.75, 3.05) is 11.4 Å². The molecule has 1 heterocycles. The van der Waals surface area contributed by atoms with E-state index in [2.05, 4.69) is 4.74 Å². The SMILES string of the molecule is O=C1[C@H]2C[C@](O)(CCc3ccccc3)C[C@H]2CN1c1ccc(OC(F)(F)F)cc1. The minimum atomic E-state index is -4.74. The van der Waals surface area contributed by atoms with Crippen LogP contribution < -0.4 is 9.64 Å². The van der Waals surface area contributed by atoms with Crippen LogP contribution in [0.25, 0.3) is 0 Å². The second-order valence-electron chi connectivity index (χ2n) is 7.98. The van der Waals surface area contributed by atoms with Crippen LogP contribution in [0.4, 0.5) is 18.9 Å². The number of fused-ring (bicyclic) bond motifs is 1.